The van der Waals surface area contributed by atoms with Gasteiger partial charge in [-0.1, -0.05) is 13.8 Å². The van der Waals surface area contributed by atoms with Crippen LogP contribution < -0.4 is 11.3 Å². The van der Waals surface area contributed by atoms with E-state index in [4.69, 9.17) is 15.3 Å². The van der Waals surface area contributed by atoms with E-state index in [1.165, 1.54) is 0 Å². The minimum absolute atomic E-state index is 0.228. The Morgan fingerprint density at radius 1 is 1.36 bits per heavy atom. The molecule has 0 radical (unpaired) electrons. The third-order valence-electron chi connectivity index (χ3n) is 2.04. The fourth-order valence-corrected chi connectivity index (χ4v) is 1.39. The molecule has 0 aliphatic rings. The second-order valence-corrected chi connectivity index (χ2v) is 3.73. The number of methoxy groups -OCH3 is 1. The molecule has 4 nitrogen and oxygen atoms in total. The molecule has 86 valence electrons. The lowest BCUT2D eigenvalue weighted by atomic mass is 10.0. The Bertz CT molecular complexity index is 123. The highest BCUT2D eigenvalue weighted by Crippen LogP contribution is 2.06. The molecule has 2 atom stereocenters. The molecule has 0 heterocycles. The normalized spacial score (nSPS) is 15.4. The molecule has 0 amide bonds. The van der Waals surface area contributed by atoms with Crippen molar-refractivity contribution >= 4 is 0 Å². The van der Waals surface area contributed by atoms with Gasteiger partial charge < -0.3 is 9.47 Å². The van der Waals surface area contributed by atoms with Crippen LogP contribution in [-0.4, -0.2) is 33.0 Å². The molecule has 0 aliphatic carbocycles. The first-order chi connectivity index (χ1) is 6.74. The van der Waals surface area contributed by atoms with E-state index in [-0.39, 0.29) is 6.04 Å². The van der Waals surface area contributed by atoms with Crippen molar-refractivity contribution < 1.29 is 9.47 Å². The summed E-state index contributed by atoms with van der Waals surface area (Å²) >= 11 is 0. The van der Waals surface area contributed by atoms with Crippen molar-refractivity contribution in [1.29, 1.82) is 0 Å². The Kier molecular flexibility index (Phi) is 9.29. The predicted octanol–water partition coefficient (Wildman–Crippen LogP) is 0.918. The van der Waals surface area contributed by atoms with Crippen LogP contribution in [0.2, 0.25) is 0 Å². The number of hydrazine groups is 1. The summed E-state index contributed by atoms with van der Waals surface area (Å²) in [6.07, 6.45) is 2.03. The van der Waals surface area contributed by atoms with Crippen molar-refractivity contribution in [2.45, 2.75) is 32.7 Å². The molecule has 0 bridgehead atoms. The molecule has 14 heavy (non-hydrogen) atoms. The predicted molar refractivity (Wildman–Crippen MR) is 57.9 cm³/mol. The maximum absolute atomic E-state index is 5.43. The summed E-state index contributed by atoms with van der Waals surface area (Å²) in [7, 11) is 1.72. The van der Waals surface area contributed by atoms with Gasteiger partial charge >= 0.3 is 0 Å². The maximum Gasteiger partial charge on any atom is 0.0633 e. The monoisotopic (exact) mass is 204 g/mol. The highest BCUT2D eigenvalue weighted by Gasteiger charge is 2.11. The third kappa shape index (κ3) is 7.26. The van der Waals surface area contributed by atoms with Gasteiger partial charge in [0.05, 0.1) is 6.61 Å². The van der Waals surface area contributed by atoms with Crippen molar-refractivity contribution in [2.75, 3.05) is 26.9 Å². The van der Waals surface area contributed by atoms with Crippen molar-refractivity contribution in [1.82, 2.24) is 5.43 Å². The van der Waals surface area contributed by atoms with Crippen molar-refractivity contribution in [3.05, 3.63) is 0 Å². The second kappa shape index (κ2) is 9.40. The number of hydrogen-bond acceptors (Lipinski definition) is 4. The summed E-state index contributed by atoms with van der Waals surface area (Å²) in [4.78, 5) is 0. The second-order valence-electron chi connectivity index (χ2n) is 3.73. The number of nitrogens with one attached hydrogen (secondary N) is 1. The lowest BCUT2D eigenvalue weighted by Crippen LogP contribution is -2.40. The van der Waals surface area contributed by atoms with E-state index in [0.717, 1.165) is 26.1 Å². The SMILES string of the molecule is CCCOCC(CC(C)COC)NN. The van der Waals surface area contributed by atoms with Gasteiger partial charge in [0.25, 0.3) is 0 Å². The summed E-state index contributed by atoms with van der Waals surface area (Å²) in [6, 6.07) is 0.228. The van der Waals surface area contributed by atoms with Crippen LogP contribution in [0.5, 0.6) is 0 Å². The van der Waals surface area contributed by atoms with E-state index in [0.29, 0.717) is 12.5 Å². The molecule has 0 saturated heterocycles. The van der Waals surface area contributed by atoms with Crippen LogP contribution in [0.4, 0.5) is 0 Å². The largest absolute Gasteiger partial charge is 0.384 e. The quantitative estimate of drug-likeness (QED) is 0.333. The standard InChI is InChI=1S/C10H24N2O2/c1-4-5-14-8-10(12-11)6-9(2)7-13-3/h9-10,12H,4-8,11H2,1-3H3. The highest BCUT2D eigenvalue weighted by atomic mass is 16.5. The molecule has 0 aliphatic heterocycles. The first kappa shape index (κ1) is 13.8. The van der Waals surface area contributed by atoms with Gasteiger partial charge in [-0.05, 0) is 18.8 Å². The highest BCUT2D eigenvalue weighted by molar-refractivity contribution is 4.66. The Balaban J connectivity index is 3.55. The molecule has 0 saturated carbocycles. The molecule has 0 aromatic rings. The molecule has 3 N–H and O–H groups in total. The summed E-state index contributed by atoms with van der Waals surface area (Å²) in [5.41, 5.74) is 2.77. The van der Waals surface area contributed by atoms with Crippen LogP contribution in [0, 0.1) is 5.92 Å². The number of ether oxygens (including phenoxy) is 2. The van der Waals surface area contributed by atoms with Gasteiger partial charge in [-0.3, -0.25) is 11.3 Å². The Hall–Kier alpha value is -0.160. The Morgan fingerprint density at radius 3 is 2.57 bits per heavy atom. The van der Waals surface area contributed by atoms with Crippen LogP contribution in [-0.2, 0) is 9.47 Å². The van der Waals surface area contributed by atoms with E-state index in [9.17, 15) is 0 Å². The lowest BCUT2D eigenvalue weighted by molar-refractivity contribution is 0.0930. The molecule has 0 fully saturated rings. The van der Waals surface area contributed by atoms with Crippen molar-refractivity contribution in [2.24, 2.45) is 11.8 Å². The van der Waals surface area contributed by atoms with Gasteiger partial charge in [-0.25, -0.2) is 0 Å². The summed E-state index contributed by atoms with van der Waals surface area (Å²) < 4.78 is 10.5. The van der Waals surface area contributed by atoms with Crippen LogP contribution in [0.1, 0.15) is 26.7 Å². The van der Waals surface area contributed by atoms with Crippen molar-refractivity contribution in [3.8, 4) is 0 Å². The molecular weight excluding hydrogens is 180 g/mol. The topological polar surface area (TPSA) is 56.5 Å². The fraction of sp³-hybridized carbons (Fsp3) is 1.00. The molecular formula is C10H24N2O2. The van der Waals surface area contributed by atoms with Gasteiger partial charge in [0.1, 0.15) is 0 Å². The maximum atomic E-state index is 5.43. The summed E-state index contributed by atoms with van der Waals surface area (Å²) in [6.45, 7) is 6.49. The van der Waals surface area contributed by atoms with Crippen LogP contribution in [0.25, 0.3) is 0 Å². The number of nitrogens with two attached hydrogens (primary N) is 1. The summed E-state index contributed by atoms with van der Waals surface area (Å²) in [5.74, 6) is 5.93. The Labute approximate surface area is 87.1 Å². The van der Waals surface area contributed by atoms with E-state index in [1.54, 1.807) is 7.11 Å². The minimum Gasteiger partial charge on any atom is -0.384 e. The number of hydrogen-bond donors (Lipinski definition) is 2. The molecule has 0 rings (SSSR count). The van der Waals surface area contributed by atoms with Gasteiger partial charge in [0.2, 0.25) is 0 Å². The summed E-state index contributed by atoms with van der Waals surface area (Å²) in [5, 5.41) is 0. The van der Waals surface area contributed by atoms with Gasteiger partial charge in [0.15, 0.2) is 0 Å². The molecule has 0 aromatic heterocycles. The zero-order valence-electron chi connectivity index (χ0n) is 9.58. The van der Waals surface area contributed by atoms with Gasteiger partial charge in [0, 0.05) is 26.4 Å². The minimum atomic E-state index is 0.228. The van der Waals surface area contributed by atoms with Crippen molar-refractivity contribution in [3.63, 3.8) is 0 Å². The smallest absolute Gasteiger partial charge is 0.0633 e. The Morgan fingerprint density at radius 2 is 2.07 bits per heavy atom. The number of rotatable bonds is 9. The van der Waals surface area contributed by atoms with Crippen LogP contribution in [0.3, 0.4) is 0 Å². The first-order valence-corrected chi connectivity index (χ1v) is 5.27. The third-order valence-corrected chi connectivity index (χ3v) is 2.04. The van der Waals surface area contributed by atoms with Crippen LogP contribution in [0.15, 0.2) is 0 Å². The molecule has 4 heteroatoms. The lowest BCUT2D eigenvalue weighted by Gasteiger charge is -2.19. The zero-order valence-corrected chi connectivity index (χ0v) is 9.58. The van der Waals surface area contributed by atoms with Gasteiger partial charge in [-0.15, -0.1) is 0 Å². The average Bonchev–Trinajstić information content (AvgIpc) is 2.17. The average molecular weight is 204 g/mol. The zero-order chi connectivity index (χ0) is 10.8. The van der Waals surface area contributed by atoms with Gasteiger partial charge in [-0.2, -0.15) is 0 Å². The van der Waals surface area contributed by atoms with E-state index in [2.05, 4.69) is 19.3 Å². The fourth-order valence-electron chi connectivity index (χ4n) is 1.39. The van der Waals surface area contributed by atoms with E-state index in [1.807, 2.05) is 0 Å². The molecule has 0 aromatic carbocycles. The molecule has 2 unspecified atom stereocenters. The van der Waals surface area contributed by atoms with Crippen LogP contribution >= 0.6 is 0 Å². The van der Waals surface area contributed by atoms with E-state index < -0.39 is 0 Å². The molecule has 0 spiro atoms. The first-order valence-electron chi connectivity index (χ1n) is 5.27. The van der Waals surface area contributed by atoms with E-state index >= 15 is 0 Å².